The molecule has 1 fully saturated rings. The fourth-order valence-electron chi connectivity index (χ4n) is 2.97. The molecular formula is C15H20N4O. The van der Waals surface area contributed by atoms with Crippen LogP contribution in [-0.2, 0) is 0 Å². The van der Waals surface area contributed by atoms with Crippen LogP contribution in [0, 0.1) is 0 Å². The molecule has 2 atom stereocenters. The second-order valence-electron chi connectivity index (χ2n) is 5.53. The molecule has 5 heteroatoms. The minimum atomic E-state index is 0.0104. The average molecular weight is 272 g/mol. The highest BCUT2D eigenvalue weighted by Gasteiger charge is 2.29. The lowest BCUT2D eigenvalue weighted by molar-refractivity contribution is 0.0583. The molecule has 1 aliphatic heterocycles. The summed E-state index contributed by atoms with van der Waals surface area (Å²) in [5, 5.41) is 0. The van der Waals surface area contributed by atoms with E-state index < -0.39 is 0 Å². The van der Waals surface area contributed by atoms with E-state index in [9.17, 15) is 4.79 Å². The number of hydrogen-bond donors (Lipinski definition) is 1. The van der Waals surface area contributed by atoms with Crippen molar-refractivity contribution in [2.24, 2.45) is 5.73 Å². The Morgan fingerprint density at radius 2 is 2.30 bits per heavy atom. The van der Waals surface area contributed by atoms with Gasteiger partial charge < -0.3 is 15.0 Å². The van der Waals surface area contributed by atoms with Crippen LogP contribution in [0.5, 0.6) is 0 Å². The predicted octanol–water partition coefficient (Wildman–Crippen LogP) is 1.68. The summed E-state index contributed by atoms with van der Waals surface area (Å²) in [6.07, 6.45) is 8.63. The quantitative estimate of drug-likeness (QED) is 0.904. The third-order valence-corrected chi connectivity index (χ3v) is 4.05. The van der Waals surface area contributed by atoms with Crippen molar-refractivity contribution in [2.45, 2.75) is 38.3 Å². The van der Waals surface area contributed by atoms with Crippen molar-refractivity contribution in [3.8, 4) is 0 Å². The minimum Gasteiger partial charge on any atom is -0.334 e. The molecule has 3 heterocycles. The predicted molar refractivity (Wildman–Crippen MR) is 77.5 cm³/mol. The number of piperidine rings is 1. The summed E-state index contributed by atoms with van der Waals surface area (Å²) in [5.41, 5.74) is 7.59. The molecule has 1 saturated heterocycles. The SMILES string of the molecule is CC(N)C1CCCCN1C(=O)c1ccc2nccn2c1. The van der Waals surface area contributed by atoms with Crippen LogP contribution in [-0.4, -0.2) is 38.8 Å². The number of aromatic nitrogens is 2. The van der Waals surface area contributed by atoms with Gasteiger partial charge in [-0.05, 0) is 38.3 Å². The van der Waals surface area contributed by atoms with Crippen LogP contribution in [0.1, 0.15) is 36.5 Å². The highest BCUT2D eigenvalue weighted by atomic mass is 16.2. The van der Waals surface area contributed by atoms with Crippen molar-refractivity contribution in [1.82, 2.24) is 14.3 Å². The smallest absolute Gasteiger partial charge is 0.255 e. The lowest BCUT2D eigenvalue weighted by Gasteiger charge is -2.38. The Morgan fingerprint density at radius 1 is 1.45 bits per heavy atom. The molecule has 1 aliphatic rings. The van der Waals surface area contributed by atoms with Crippen LogP contribution >= 0.6 is 0 Å². The number of amides is 1. The van der Waals surface area contributed by atoms with Gasteiger partial charge in [0, 0.05) is 37.2 Å². The molecule has 0 aliphatic carbocycles. The Balaban J connectivity index is 1.89. The normalized spacial score (nSPS) is 21.1. The Labute approximate surface area is 118 Å². The van der Waals surface area contributed by atoms with Crippen LogP contribution in [0.2, 0.25) is 0 Å². The average Bonchev–Trinajstić information content (AvgIpc) is 2.93. The zero-order chi connectivity index (χ0) is 14.1. The highest BCUT2D eigenvalue weighted by molar-refractivity contribution is 5.94. The van der Waals surface area contributed by atoms with Crippen molar-refractivity contribution in [3.05, 3.63) is 36.3 Å². The molecule has 5 nitrogen and oxygen atoms in total. The summed E-state index contributed by atoms with van der Waals surface area (Å²) in [7, 11) is 0. The Hall–Kier alpha value is -1.88. The van der Waals surface area contributed by atoms with Crippen LogP contribution in [0.3, 0.4) is 0 Å². The number of carbonyl (C=O) groups is 1. The van der Waals surface area contributed by atoms with Gasteiger partial charge in [0.1, 0.15) is 5.65 Å². The van der Waals surface area contributed by atoms with E-state index in [0.717, 1.165) is 31.5 Å². The largest absolute Gasteiger partial charge is 0.334 e. The van der Waals surface area contributed by atoms with E-state index in [0.29, 0.717) is 5.56 Å². The van der Waals surface area contributed by atoms with E-state index in [-0.39, 0.29) is 18.0 Å². The molecule has 0 bridgehead atoms. The molecule has 2 aromatic rings. The summed E-state index contributed by atoms with van der Waals surface area (Å²) in [5.74, 6) is 0.0719. The second-order valence-corrected chi connectivity index (χ2v) is 5.53. The molecule has 20 heavy (non-hydrogen) atoms. The maximum absolute atomic E-state index is 12.7. The first-order chi connectivity index (χ1) is 9.66. The number of imidazole rings is 1. The van der Waals surface area contributed by atoms with Gasteiger partial charge in [-0.25, -0.2) is 4.98 Å². The first kappa shape index (κ1) is 13.1. The van der Waals surface area contributed by atoms with Gasteiger partial charge in [0.2, 0.25) is 0 Å². The van der Waals surface area contributed by atoms with E-state index in [1.54, 1.807) is 6.20 Å². The number of carbonyl (C=O) groups excluding carboxylic acids is 1. The summed E-state index contributed by atoms with van der Waals surface area (Å²) < 4.78 is 1.87. The minimum absolute atomic E-state index is 0.0104. The summed E-state index contributed by atoms with van der Waals surface area (Å²) in [4.78, 5) is 18.8. The van der Waals surface area contributed by atoms with E-state index in [2.05, 4.69) is 4.98 Å². The van der Waals surface area contributed by atoms with Gasteiger partial charge in [-0.3, -0.25) is 4.79 Å². The van der Waals surface area contributed by atoms with Gasteiger partial charge >= 0.3 is 0 Å². The molecule has 0 aromatic carbocycles. The number of fused-ring (bicyclic) bond motifs is 1. The third kappa shape index (κ3) is 2.29. The Morgan fingerprint density at radius 3 is 3.10 bits per heavy atom. The van der Waals surface area contributed by atoms with Crippen molar-refractivity contribution < 1.29 is 4.79 Å². The van der Waals surface area contributed by atoms with E-state index >= 15 is 0 Å². The van der Waals surface area contributed by atoms with Crippen LogP contribution in [0.4, 0.5) is 0 Å². The molecule has 0 spiro atoms. The summed E-state index contributed by atoms with van der Waals surface area (Å²) in [6.45, 7) is 2.78. The monoisotopic (exact) mass is 272 g/mol. The third-order valence-electron chi connectivity index (χ3n) is 4.05. The maximum Gasteiger partial charge on any atom is 0.255 e. The van der Waals surface area contributed by atoms with Gasteiger partial charge in [-0.2, -0.15) is 0 Å². The van der Waals surface area contributed by atoms with Gasteiger partial charge in [-0.1, -0.05) is 0 Å². The van der Waals surface area contributed by atoms with Gasteiger partial charge in [-0.15, -0.1) is 0 Å². The zero-order valence-corrected chi connectivity index (χ0v) is 11.7. The number of nitrogens with two attached hydrogens (primary N) is 1. The molecular weight excluding hydrogens is 252 g/mol. The van der Waals surface area contributed by atoms with Gasteiger partial charge in [0.15, 0.2) is 0 Å². The topological polar surface area (TPSA) is 63.6 Å². The van der Waals surface area contributed by atoms with E-state index in [4.69, 9.17) is 5.73 Å². The molecule has 0 saturated carbocycles. The molecule has 2 N–H and O–H groups in total. The van der Waals surface area contributed by atoms with Crippen molar-refractivity contribution in [3.63, 3.8) is 0 Å². The van der Waals surface area contributed by atoms with Crippen molar-refractivity contribution >= 4 is 11.6 Å². The number of rotatable bonds is 2. The molecule has 0 radical (unpaired) electrons. The number of nitrogens with zero attached hydrogens (tertiary/aromatic N) is 3. The van der Waals surface area contributed by atoms with E-state index in [1.165, 1.54) is 0 Å². The Kier molecular flexibility index (Phi) is 3.44. The highest BCUT2D eigenvalue weighted by Crippen LogP contribution is 2.21. The van der Waals surface area contributed by atoms with E-state index in [1.807, 2.05) is 40.8 Å². The van der Waals surface area contributed by atoms with Crippen molar-refractivity contribution in [1.29, 1.82) is 0 Å². The van der Waals surface area contributed by atoms with Gasteiger partial charge in [0.05, 0.1) is 5.56 Å². The van der Waals surface area contributed by atoms with Gasteiger partial charge in [0.25, 0.3) is 5.91 Å². The molecule has 106 valence electrons. The fourth-order valence-corrected chi connectivity index (χ4v) is 2.97. The fraction of sp³-hybridized carbons (Fsp3) is 0.467. The number of hydrogen-bond acceptors (Lipinski definition) is 3. The lowest BCUT2D eigenvalue weighted by atomic mass is 9.96. The molecule has 1 amide bonds. The summed E-state index contributed by atoms with van der Waals surface area (Å²) >= 11 is 0. The van der Waals surface area contributed by atoms with Crippen LogP contribution < -0.4 is 5.73 Å². The maximum atomic E-state index is 12.7. The number of likely N-dealkylation sites (tertiary alicyclic amines) is 1. The molecule has 2 unspecified atom stereocenters. The number of pyridine rings is 1. The second kappa shape index (κ2) is 5.25. The lowest BCUT2D eigenvalue weighted by Crippen LogP contribution is -2.51. The molecule has 2 aromatic heterocycles. The standard InChI is InChI=1S/C15H20N4O/c1-11(16)13-4-2-3-8-19(13)15(20)12-5-6-14-17-7-9-18(14)10-12/h5-7,9-11,13H,2-4,8,16H2,1H3. The first-order valence-electron chi connectivity index (χ1n) is 7.16. The zero-order valence-electron chi connectivity index (χ0n) is 11.7. The summed E-state index contributed by atoms with van der Waals surface area (Å²) in [6, 6.07) is 3.88. The first-order valence-corrected chi connectivity index (χ1v) is 7.16. The van der Waals surface area contributed by atoms with Crippen molar-refractivity contribution in [2.75, 3.05) is 6.54 Å². The van der Waals surface area contributed by atoms with Crippen LogP contribution in [0.25, 0.3) is 5.65 Å². The molecule has 3 rings (SSSR count). The Bertz CT molecular complexity index is 619. The van der Waals surface area contributed by atoms with Crippen LogP contribution in [0.15, 0.2) is 30.7 Å².